The molecule has 0 saturated heterocycles. The van der Waals surface area contributed by atoms with Gasteiger partial charge in [0, 0.05) is 19.2 Å². The molecule has 0 amide bonds. The second-order valence-corrected chi connectivity index (χ2v) is 4.93. The SMILES string of the molecule is Cc1nn(C)c(C)c1C(=O)Cc1ccc(Cl)c(F)c1. The predicted octanol–water partition coefficient (Wildman–Crippen LogP) is 3.25. The van der Waals surface area contributed by atoms with Crippen molar-refractivity contribution in [3.8, 4) is 0 Å². The zero-order valence-electron chi connectivity index (χ0n) is 11.0. The predicted molar refractivity (Wildman–Crippen MR) is 72.1 cm³/mol. The number of carbonyl (C=O) groups is 1. The fraction of sp³-hybridized carbons (Fsp3) is 0.286. The van der Waals surface area contributed by atoms with E-state index in [0.717, 1.165) is 5.69 Å². The first-order chi connectivity index (χ1) is 8.90. The topological polar surface area (TPSA) is 34.9 Å². The second-order valence-electron chi connectivity index (χ2n) is 4.52. The summed E-state index contributed by atoms with van der Waals surface area (Å²) in [7, 11) is 1.79. The van der Waals surface area contributed by atoms with Crippen LogP contribution in [-0.2, 0) is 13.5 Å². The smallest absolute Gasteiger partial charge is 0.170 e. The second kappa shape index (κ2) is 5.13. The van der Waals surface area contributed by atoms with Crippen LogP contribution < -0.4 is 0 Å². The highest BCUT2D eigenvalue weighted by Crippen LogP contribution is 2.19. The Morgan fingerprint density at radius 3 is 2.63 bits per heavy atom. The van der Waals surface area contributed by atoms with Crippen molar-refractivity contribution >= 4 is 17.4 Å². The van der Waals surface area contributed by atoms with E-state index in [-0.39, 0.29) is 17.2 Å². The monoisotopic (exact) mass is 280 g/mol. The number of rotatable bonds is 3. The normalized spacial score (nSPS) is 10.8. The van der Waals surface area contributed by atoms with E-state index < -0.39 is 5.82 Å². The average molecular weight is 281 g/mol. The number of hydrogen-bond donors (Lipinski definition) is 0. The van der Waals surface area contributed by atoms with Gasteiger partial charge in [0.15, 0.2) is 5.78 Å². The van der Waals surface area contributed by atoms with Crippen LogP contribution in [0.15, 0.2) is 18.2 Å². The summed E-state index contributed by atoms with van der Waals surface area (Å²) in [5.41, 5.74) is 2.73. The number of benzene rings is 1. The lowest BCUT2D eigenvalue weighted by molar-refractivity contribution is 0.0991. The third-order valence-corrected chi connectivity index (χ3v) is 3.44. The first kappa shape index (κ1) is 13.7. The summed E-state index contributed by atoms with van der Waals surface area (Å²) >= 11 is 5.61. The summed E-state index contributed by atoms with van der Waals surface area (Å²) < 4.78 is 15.0. The Hall–Kier alpha value is -1.68. The van der Waals surface area contributed by atoms with Gasteiger partial charge < -0.3 is 0 Å². The van der Waals surface area contributed by atoms with Gasteiger partial charge in [-0.25, -0.2) is 4.39 Å². The van der Waals surface area contributed by atoms with Crippen LogP contribution in [0.1, 0.15) is 27.3 Å². The maximum atomic E-state index is 13.3. The molecule has 0 spiro atoms. The number of aromatic nitrogens is 2. The van der Waals surface area contributed by atoms with E-state index in [1.807, 2.05) is 6.92 Å². The molecule has 19 heavy (non-hydrogen) atoms. The van der Waals surface area contributed by atoms with Crippen molar-refractivity contribution in [2.24, 2.45) is 7.05 Å². The zero-order valence-corrected chi connectivity index (χ0v) is 11.8. The standard InChI is InChI=1S/C14H14ClFN2O/c1-8-14(9(2)18(3)17-8)13(19)7-10-4-5-11(15)12(16)6-10/h4-6H,7H2,1-3H3. The molecule has 0 radical (unpaired) electrons. The lowest BCUT2D eigenvalue weighted by Gasteiger charge is -2.03. The van der Waals surface area contributed by atoms with Crippen molar-refractivity contribution in [3.05, 3.63) is 51.6 Å². The molecular weight excluding hydrogens is 267 g/mol. The molecule has 0 N–H and O–H groups in total. The van der Waals surface area contributed by atoms with Crippen LogP contribution in [0, 0.1) is 19.7 Å². The van der Waals surface area contributed by atoms with Crippen LogP contribution in [-0.4, -0.2) is 15.6 Å². The van der Waals surface area contributed by atoms with Crippen molar-refractivity contribution in [2.75, 3.05) is 0 Å². The Labute approximate surface area is 116 Å². The Morgan fingerprint density at radius 2 is 2.11 bits per heavy atom. The minimum atomic E-state index is -0.508. The molecule has 0 atom stereocenters. The highest BCUT2D eigenvalue weighted by atomic mass is 35.5. The number of hydrogen-bond acceptors (Lipinski definition) is 2. The average Bonchev–Trinajstić information content (AvgIpc) is 2.58. The van der Waals surface area contributed by atoms with Crippen molar-refractivity contribution in [1.82, 2.24) is 9.78 Å². The molecular formula is C14H14ClFN2O. The molecule has 0 aliphatic rings. The number of ketones is 1. The Balaban J connectivity index is 2.28. The van der Waals surface area contributed by atoms with E-state index in [1.165, 1.54) is 12.1 Å². The van der Waals surface area contributed by atoms with Crippen LogP contribution in [0.3, 0.4) is 0 Å². The largest absolute Gasteiger partial charge is 0.294 e. The van der Waals surface area contributed by atoms with Gasteiger partial charge in [0.1, 0.15) is 5.82 Å². The molecule has 3 nitrogen and oxygen atoms in total. The van der Waals surface area contributed by atoms with Crippen LogP contribution in [0.25, 0.3) is 0 Å². The molecule has 0 aliphatic heterocycles. The highest BCUT2D eigenvalue weighted by Gasteiger charge is 2.17. The van der Waals surface area contributed by atoms with Crippen LogP contribution in [0.2, 0.25) is 5.02 Å². The fourth-order valence-electron chi connectivity index (χ4n) is 2.10. The van der Waals surface area contributed by atoms with Crippen LogP contribution in [0.4, 0.5) is 4.39 Å². The van der Waals surface area contributed by atoms with Gasteiger partial charge in [-0.1, -0.05) is 17.7 Å². The van der Waals surface area contributed by atoms with Gasteiger partial charge in [-0.05, 0) is 31.5 Å². The van der Waals surface area contributed by atoms with E-state index in [4.69, 9.17) is 11.6 Å². The Kier molecular flexibility index (Phi) is 3.71. The summed E-state index contributed by atoms with van der Waals surface area (Å²) in [6, 6.07) is 4.41. The minimum absolute atomic E-state index is 0.0601. The molecule has 100 valence electrons. The summed E-state index contributed by atoms with van der Waals surface area (Å²) in [6.07, 6.45) is 0.140. The lowest BCUT2D eigenvalue weighted by Crippen LogP contribution is -2.07. The quantitative estimate of drug-likeness (QED) is 0.809. The van der Waals surface area contributed by atoms with E-state index in [0.29, 0.717) is 16.8 Å². The van der Waals surface area contributed by atoms with Crippen molar-refractivity contribution in [2.45, 2.75) is 20.3 Å². The van der Waals surface area contributed by atoms with Crippen molar-refractivity contribution < 1.29 is 9.18 Å². The summed E-state index contributed by atoms with van der Waals surface area (Å²) in [6.45, 7) is 3.64. The van der Waals surface area contributed by atoms with Gasteiger partial charge in [0.25, 0.3) is 0 Å². The maximum absolute atomic E-state index is 13.3. The third kappa shape index (κ3) is 2.68. The number of carbonyl (C=O) groups excluding carboxylic acids is 1. The highest BCUT2D eigenvalue weighted by molar-refractivity contribution is 6.30. The summed E-state index contributed by atoms with van der Waals surface area (Å²) in [4.78, 5) is 12.3. The van der Waals surface area contributed by atoms with E-state index in [2.05, 4.69) is 5.10 Å². The number of aryl methyl sites for hydroxylation is 2. The number of nitrogens with zero attached hydrogens (tertiary/aromatic N) is 2. The molecule has 0 aliphatic carbocycles. The van der Waals surface area contributed by atoms with E-state index >= 15 is 0 Å². The molecule has 0 bridgehead atoms. The summed E-state index contributed by atoms with van der Waals surface area (Å²) in [5, 5.41) is 4.27. The van der Waals surface area contributed by atoms with E-state index in [1.54, 1.807) is 24.7 Å². The zero-order chi connectivity index (χ0) is 14.2. The van der Waals surface area contributed by atoms with Gasteiger partial charge in [-0.15, -0.1) is 0 Å². The Morgan fingerprint density at radius 1 is 1.42 bits per heavy atom. The molecule has 2 rings (SSSR count). The maximum Gasteiger partial charge on any atom is 0.170 e. The number of Topliss-reactive ketones (excluding diaryl/α,β-unsaturated/α-hetero) is 1. The van der Waals surface area contributed by atoms with Gasteiger partial charge >= 0.3 is 0 Å². The van der Waals surface area contributed by atoms with Crippen LogP contribution >= 0.6 is 11.6 Å². The minimum Gasteiger partial charge on any atom is -0.294 e. The molecule has 0 saturated carbocycles. The lowest BCUT2D eigenvalue weighted by atomic mass is 10.0. The van der Waals surface area contributed by atoms with Crippen LogP contribution in [0.5, 0.6) is 0 Å². The fourth-order valence-corrected chi connectivity index (χ4v) is 2.22. The first-order valence-electron chi connectivity index (χ1n) is 5.87. The summed E-state index contributed by atoms with van der Waals surface area (Å²) in [5.74, 6) is -0.573. The molecule has 1 aromatic carbocycles. The van der Waals surface area contributed by atoms with E-state index in [9.17, 15) is 9.18 Å². The molecule has 0 unspecified atom stereocenters. The third-order valence-electron chi connectivity index (χ3n) is 3.14. The van der Waals surface area contributed by atoms with Gasteiger partial charge in [-0.3, -0.25) is 9.48 Å². The molecule has 2 aromatic rings. The van der Waals surface area contributed by atoms with Gasteiger partial charge in [-0.2, -0.15) is 5.10 Å². The molecule has 1 aromatic heterocycles. The van der Waals surface area contributed by atoms with Gasteiger partial charge in [0.05, 0.1) is 16.3 Å². The van der Waals surface area contributed by atoms with Crippen molar-refractivity contribution in [1.29, 1.82) is 0 Å². The number of halogens is 2. The molecule has 5 heteroatoms. The Bertz CT molecular complexity index is 649. The molecule has 0 fully saturated rings. The van der Waals surface area contributed by atoms with Gasteiger partial charge in [0.2, 0.25) is 0 Å². The molecule has 1 heterocycles. The first-order valence-corrected chi connectivity index (χ1v) is 6.25. The van der Waals surface area contributed by atoms with Crippen molar-refractivity contribution in [3.63, 3.8) is 0 Å².